The number of aromatic amines is 1. The van der Waals surface area contributed by atoms with Crippen molar-refractivity contribution in [3.8, 4) is 0 Å². The summed E-state index contributed by atoms with van der Waals surface area (Å²) in [5.41, 5.74) is 1.76. The van der Waals surface area contributed by atoms with Gasteiger partial charge in [0, 0.05) is 12.7 Å². The van der Waals surface area contributed by atoms with E-state index in [0.29, 0.717) is 10.2 Å². The Labute approximate surface area is 118 Å². The fourth-order valence-electron chi connectivity index (χ4n) is 2.19. The number of aryl methyl sites for hydroxylation is 2. The summed E-state index contributed by atoms with van der Waals surface area (Å²) in [5, 5.41) is 16.2. The molecular weight excluding hydrogens is 280 g/mol. The number of aromatic nitrogens is 4. The van der Waals surface area contributed by atoms with Crippen LogP contribution in [0.25, 0.3) is 0 Å². The number of rotatable bonds is 3. The fourth-order valence-corrected chi connectivity index (χ4v) is 3.09. The summed E-state index contributed by atoms with van der Waals surface area (Å²) in [5.74, 6) is -1.02. The highest BCUT2D eigenvalue weighted by atomic mass is 32.2. The number of H-pyrrole nitrogens is 1. The Hall–Kier alpha value is -2.09. The number of nitrogens with one attached hydrogen (secondary N) is 1. The maximum atomic E-state index is 11.4. The number of carbonyl (C=O) groups is 1. The minimum absolute atomic E-state index is 0.158. The number of pyridine rings is 1. The first-order valence-electron chi connectivity index (χ1n) is 6.11. The molecule has 0 aromatic carbocycles. The van der Waals surface area contributed by atoms with Crippen LogP contribution in [0.2, 0.25) is 0 Å². The predicted octanol–water partition coefficient (Wildman–Crippen LogP) is 0.841. The van der Waals surface area contributed by atoms with Crippen molar-refractivity contribution in [2.45, 2.75) is 29.4 Å². The molecule has 0 saturated heterocycles. The monoisotopic (exact) mass is 292 g/mol. The Kier molecular flexibility index (Phi) is 3.09. The van der Waals surface area contributed by atoms with Crippen molar-refractivity contribution in [2.75, 3.05) is 0 Å². The van der Waals surface area contributed by atoms with E-state index < -0.39 is 5.97 Å². The van der Waals surface area contributed by atoms with Gasteiger partial charge in [-0.05, 0) is 42.7 Å². The smallest absolute Gasteiger partial charge is 0.343 e. The van der Waals surface area contributed by atoms with Crippen molar-refractivity contribution in [1.29, 1.82) is 0 Å². The van der Waals surface area contributed by atoms with Gasteiger partial charge in [0.1, 0.15) is 5.03 Å². The van der Waals surface area contributed by atoms with Crippen molar-refractivity contribution in [3.05, 3.63) is 33.4 Å². The lowest BCUT2D eigenvalue weighted by atomic mass is 10.1. The van der Waals surface area contributed by atoms with E-state index >= 15 is 0 Å². The summed E-state index contributed by atoms with van der Waals surface area (Å²) in [4.78, 5) is 27.1. The third-order valence-corrected chi connectivity index (χ3v) is 4.33. The SMILES string of the molecule is Cn1c(Sc2nc3c(cc2C(=O)O)CCC3)n[nH]c1=O. The first-order valence-corrected chi connectivity index (χ1v) is 6.93. The van der Waals surface area contributed by atoms with Crippen molar-refractivity contribution < 1.29 is 9.90 Å². The van der Waals surface area contributed by atoms with Crippen molar-refractivity contribution in [1.82, 2.24) is 19.7 Å². The topological polar surface area (TPSA) is 101 Å². The normalized spacial score (nSPS) is 13.4. The Bertz CT molecular complexity index is 750. The number of fused-ring (bicyclic) bond motifs is 1. The van der Waals surface area contributed by atoms with Gasteiger partial charge in [-0.1, -0.05) is 0 Å². The zero-order valence-corrected chi connectivity index (χ0v) is 11.5. The zero-order chi connectivity index (χ0) is 14.3. The molecule has 20 heavy (non-hydrogen) atoms. The number of nitrogens with zero attached hydrogens (tertiary/aromatic N) is 3. The largest absolute Gasteiger partial charge is 0.478 e. The maximum Gasteiger partial charge on any atom is 0.343 e. The van der Waals surface area contributed by atoms with E-state index in [0.717, 1.165) is 42.3 Å². The second-order valence-corrected chi connectivity index (χ2v) is 5.53. The van der Waals surface area contributed by atoms with Gasteiger partial charge in [-0.25, -0.2) is 19.7 Å². The van der Waals surface area contributed by atoms with Crippen LogP contribution >= 0.6 is 11.8 Å². The molecule has 0 bridgehead atoms. The Morgan fingerprint density at radius 2 is 2.30 bits per heavy atom. The summed E-state index contributed by atoms with van der Waals surface area (Å²) in [7, 11) is 1.57. The summed E-state index contributed by atoms with van der Waals surface area (Å²) in [6, 6.07) is 1.69. The molecule has 2 heterocycles. The van der Waals surface area contributed by atoms with E-state index in [9.17, 15) is 14.7 Å². The molecule has 2 aromatic rings. The lowest BCUT2D eigenvalue weighted by Gasteiger charge is -2.07. The second kappa shape index (κ2) is 4.78. The van der Waals surface area contributed by atoms with Crippen molar-refractivity contribution in [3.63, 3.8) is 0 Å². The Morgan fingerprint density at radius 1 is 1.50 bits per heavy atom. The molecule has 2 aromatic heterocycles. The van der Waals surface area contributed by atoms with Gasteiger partial charge >= 0.3 is 11.7 Å². The van der Waals surface area contributed by atoms with E-state index in [2.05, 4.69) is 15.2 Å². The number of hydrogen-bond donors (Lipinski definition) is 2. The first kappa shape index (κ1) is 12.9. The van der Waals surface area contributed by atoms with E-state index in [1.807, 2.05) is 0 Å². The van der Waals surface area contributed by atoms with Gasteiger partial charge in [-0.15, -0.1) is 5.10 Å². The van der Waals surface area contributed by atoms with Crippen LogP contribution in [0.1, 0.15) is 28.0 Å². The molecular formula is C12H12N4O3S. The third kappa shape index (κ3) is 2.11. The van der Waals surface area contributed by atoms with Crippen LogP contribution < -0.4 is 5.69 Å². The Morgan fingerprint density at radius 3 is 2.95 bits per heavy atom. The van der Waals surface area contributed by atoms with E-state index in [1.165, 1.54) is 4.57 Å². The maximum absolute atomic E-state index is 11.4. The molecule has 0 unspecified atom stereocenters. The summed E-state index contributed by atoms with van der Waals surface area (Å²) < 4.78 is 1.32. The van der Waals surface area contributed by atoms with Crippen molar-refractivity contribution in [2.24, 2.45) is 7.05 Å². The summed E-state index contributed by atoms with van der Waals surface area (Å²) in [6.07, 6.45) is 2.73. The molecule has 1 aliphatic carbocycles. The first-order chi connectivity index (χ1) is 9.56. The molecule has 8 heteroatoms. The predicted molar refractivity (Wildman–Crippen MR) is 71.2 cm³/mol. The molecule has 0 saturated carbocycles. The van der Waals surface area contributed by atoms with E-state index in [1.54, 1.807) is 13.1 Å². The van der Waals surface area contributed by atoms with Gasteiger partial charge in [-0.3, -0.25) is 4.57 Å². The minimum atomic E-state index is -1.02. The van der Waals surface area contributed by atoms with Crippen LogP contribution in [0, 0.1) is 0 Å². The van der Waals surface area contributed by atoms with Crippen LogP contribution in [0.5, 0.6) is 0 Å². The van der Waals surface area contributed by atoms with Crippen LogP contribution in [0.4, 0.5) is 0 Å². The number of carboxylic acids is 1. The molecule has 0 amide bonds. The quantitative estimate of drug-likeness (QED) is 0.869. The summed E-state index contributed by atoms with van der Waals surface area (Å²) in [6.45, 7) is 0. The van der Waals surface area contributed by atoms with Crippen LogP contribution in [-0.2, 0) is 19.9 Å². The summed E-state index contributed by atoms with van der Waals surface area (Å²) >= 11 is 1.08. The average Bonchev–Trinajstić information content (AvgIpc) is 2.99. The fraction of sp³-hybridized carbons (Fsp3) is 0.333. The molecule has 7 nitrogen and oxygen atoms in total. The second-order valence-electron chi connectivity index (χ2n) is 4.58. The van der Waals surface area contributed by atoms with Crippen molar-refractivity contribution >= 4 is 17.7 Å². The number of aromatic carboxylic acids is 1. The lowest BCUT2D eigenvalue weighted by molar-refractivity contribution is 0.0692. The number of hydrogen-bond acceptors (Lipinski definition) is 5. The molecule has 0 atom stereocenters. The van der Waals surface area contributed by atoms with Gasteiger partial charge in [0.25, 0.3) is 0 Å². The molecule has 0 spiro atoms. The molecule has 104 valence electrons. The van der Waals surface area contributed by atoms with Gasteiger partial charge < -0.3 is 5.11 Å². The molecule has 0 fully saturated rings. The van der Waals surface area contributed by atoms with Gasteiger partial charge in [-0.2, -0.15) is 0 Å². The highest BCUT2D eigenvalue weighted by Crippen LogP contribution is 2.31. The van der Waals surface area contributed by atoms with Crippen LogP contribution in [0.15, 0.2) is 21.0 Å². The van der Waals surface area contributed by atoms with Crippen LogP contribution in [-0.4, -0.2) is 30.8 Å². The molecule has 0 aliphatic heterocycles. The molecule has 2 N–H and O–H groups in total. The Balaban J connectivity index is 2.06. The lowest BCUT2D eigenvalue weighted by Crippen LogP contribution is -2.13. The zero-order valence-electron chi connectivity index (χ0n) is 10.7. The van der Waals surface area contributed by atoms with Gasteiger partial charge in [0.15, 0.2) is 5.16 Å². The molecule has 3 rings (SSSR count). The minimum Gasteiger partial charge on any atom is -0.478 e. The third-order valence-electron chi connectivity index (χ3n) is 3.27. The van der Waals surface area contributed by atoms with Gasteiger partial charge in [0.2, 0.25) is 0 Å². The van der Waals surface area contributed by atoms with E-state index in [-0.39, 0.29) is 11.3 Å². The van der Waals surface area contributed by atoms with E-state index in [4.69, 9.17) is 0 Å². The number of carboxylic acid groups (broad SMARTS) is 1. The highest BCUT2D eigenvalue weighted by Gasteiger charge is 2.21. The molecule has 0 radical (unpaired) electrons. The highest BCUT2D eigenvalue weighted by molar-refractivity contribution is 7.99. The van der Waals surface area contributed by atoms with Gasteiger partial charge in [0.05, 0.1) is 5.56 Å². The standard InChI is InChI=1S/C12H12N4O3S/c1-16-11(19)14-15-12(16)20-9-7(10(17)18)5-6-3-2-4-8(6)13-9/h5H,2-4H2,1H3,(H,14,19)(H,17,18). The molecule has 1 aliphatic rings. The average molecular weight is 292 g/mol. The van der Waals surface area contributed by atoms with Crippen LogP contribution in [0.3, 0.4) is 0 Å².